The summed E-state index contributed by atoms with van der Waals surface area (Å²) in [5.41, 5.74) is 4.52. The summed E-state index contributed by atoms with van der Waals surface area (Å²) in [4.78, 5) is 14.3. The topological polar surface area (TPSA) is 95.0 Å². The third kappa shape index (κ3) is 3.26. The van der Waals surface area contributed by atoms with Crippen LogP contribution in [0.2, 0.25) is 0 Å². The first-order valence-electron chi connectivity index (χ1n) is 9.28. The molecular weight excluding hydrogens is 316 g/mol. The Morgan fingerprint density at radius 2 is 2.00 bits per heavy atom. The fourth-order valence-corrected chi connectivity index (χ4v) is 3.92. The average Bonchev–Trinajstić information content (AvgIpc) is 3.09. The Labute approximate surface area is 147 Å². The summed E-state index contributed by atoms with van der Waals surface area (Å²) in [6, 6.07) is 0.389. The summed E-state index contributed by atoms with van der Waals surface area (Å²) in [5.74, 6) is 1.40. The van der Waals surface area contributed by atoms with Crippen LogP contribution < -0.4 is 16.0 Å². The second-order valence-electron chi connectivity index (χ2n) is 6.93. The first-order valence-corrected chi connectivity index (χ1v) is 9.28. The summed E-state index contributed by atoms with van der Waals surface area (Å²) in [6.45, 7) is 4.72. The normalized spacial score (nSPS) is 17.7. The lowest BCUT2D eigenvalue weighted by molar-refractivity contribution is 0.311. The van der Waals surface area contributed by atoms with Crippen LogP contribution in [0.25, 0.3) is 11.0 Å². The monoisotopic (exact) mass is 342 g/mol. The summed E-state index contributed by atoms with van der Waals surface area (Å²) < 4.78 is 0. The Morgan fingerprint density at radius 3 is 2.80 bits per heavy atom. The number of anilines is 2. The fraction of sp³-hybridized carbons (Fsp3) is 0.611. The molecule has 2 aromatic rings. The van der Waals surface area contributed by atoms with Crippen molar-refractivity contribution in [3.8, 4) is 0 Å². The van der Waals surface area contributed by atoms with E-state index in [-0.39, 0.29) is 6.61 Å². The standard InChI is InChI=1S/C18H26N6O/c1-11-13-3-2-4-14(13)22-17-15(11)16(20-9-10-25)23-18(24-17)21-12-5-7-19-8-6-12/h12,19,25H,2-10H2,1H3,(H2,20,21,22,23,24). The molecule has 2 aliphatic rings. The zero-order chi connectivity index (χ0) is 17.2. The first kappa shape index (κ1) is 16.5. The van der Waals surface area contributed by atoms with E-state index in [2.05, 4.69) is 22.9 Å². The Balaban J connectivity index is 1.75. The van der Waals surface area contributed by atoms with E-state index in [0.717, 1.165) is 62.0 Å². The van der Waals surface area contributed by atoms with E-state index in [4.69, 9.17) is 15.0 Å². The van der Waals surface area contributed by atoms with Gasteiger partial charge in [0.25, 0.3) is 0 Å². The quantitative estimate of drug-likeness (QED) is 0.652. The molecule has 0 aromatic carbocycles. The van der Waals surface area contributed by atoms with Gasteiger partial charge in [0.15, 0.2) is 5.65 Å². The zero-order valence-corrected chi connectivity index (χ0v) is 14.7. The molecule has 0 unspecified atom stereocenters. The molecule has 0 bridgehead atoms. The molecule has 0 spiro atoms. The highest BCUT2D eigenvalue weighted by Gasteiger charge is 2.22. The molecule has 7 heteroatoms. The number of pyridine rings is 1. The predicted octanol–water partition coefficient (Wildman–Crippen LogP) is 1.39. The molecule has 0 saturated carbocycles. The molecule has 0 amide bonds. The van der Waals surface area contributed by atoms with E-state index in [1.54, 1.807) is 0 Å². The third-order valence-corrected chi connectivity index (χ3v) is 5.22. The molecule has 25 heavy (non-hydrogen) atoms. The van der Waals surface area contributed by atoms with Gasteiger partial charge >= 0.3 is 0 Å². The number of aliphatic hydroxyl groups excluding tert-OH is 1. The molecule has 1 aliphatic heterocycles. The minimum Gasteiger partial charge on any atom is -0.395 e. The van der Waals surface area contributed by atoms with Crippen LogP contribution in [0.3, 0.4) is 0 Å². The van der Waals surface area contributed by atoms with Crippen molar-refractivity contribution in [2.75, 3.05) is 36.9 Å². The number of rotatable bonds is 5. The maximum atomic E-state index is 9.21. The molecule has 7 nitrogen and oxygen atoms in total. The predicted molar refractivity (Wildman–Crippen MR) is 99.2 cm³/mol. The van der Waals surface area contributed by atoms with Crippen molar-refractivity contribution in [1.29, 1.82) is 0 Å². The van der Waals surface area contributed by atoms with E-state index in [1.165, 1.54) is 16.8 Å². The Kier molecular flexibility index (Phi) is 4.67. The SMILES string of the molecule is Cc1c2c(nc3nc(NC4CCNCC4)nc(NCCO)c13)CCC2. The summed E-state index contributed by atoms with van der Waals surface area (Å²) >= 11 is 0. The van der Waals surface area contributed by atoms with Gasteiger partial charge in [0.2, 0.25) is 5.95 Å². The Bertz CT molecular complexity index is 772. The molecule has 0 radical (unpaired) electrons. The van der Waals surface area contributed by atoms with Crippen molar-refractivity contribution >= 4 is 22.8 Å². The largest absolute Gasteiger partial charge is 0.395 e. The second-order valence-corrected chi connectivity index (χ2v) is 6.93. The van der Waals surface area contributed by atoms with Crippen LogP contribution in [-0.2, 0) is 12.8 Å². The maximum absolute atomic E-state index is 9.21. The minimum atomic E-state index is 0.0694. The van der Waals surface area contributed by atoms with E-state index in [9.17, 15) is 5.11 Å². The summed E-state index contributed by atoms with van der Waals surface area (Å²) in [7, 11) is 0. The van der Waals surface area contributed by atoms with Gasteiger partial charge in [-0.1, -0.05) is 0 Å². The lowest BCUT2D eigenvalue weighted by atomic mass is 10.0. The number of aryl methyl sites for hydroxylation is 2. The van der Waals surface area contributed by atoms with Gasteiger partial charge in [-0.3, -0.25) is 0 Å². The van der Waals surface area contributed by atoms with Crippen molar-refractivity contribution < 1.29 is 5.11 Å². The molecule has 1 aliphatic carbocycles. The number of piperidine rings is 1. The minimum absolute atomic E-state index is 0.0694. The van der Waals surface area contributed by atoms with Gasteiger partial charge in [0.1, 0.15) is 5.82 Å². The van der Waals surface area contributed by atoms with Crippen LogP contribution in [0.5, 0.6) is 0 Å². The van der Waals surface area contributed by atoms with E-state index >= 15 is 0 Å². The number of hydrogen-bond donors (Lipinski definition) is 4. The van der Waals surface area contributed by atoms with Crippen molar-refractivity contribution in [3.05, 3.63) is 16.8 Å². The highest BCUT2D eigenvalue weighted by molar-refractivity contribution is 5.91. The smallest absolute Gasteiger partial charge is 0.226 e. The summed E-state index contributed by atoms with van der Waals surface area (Å²) in [5, 5.41) is 20.3. The van der Waals surface area contributed by atoms with Gasteiger partial charge in [-0.2, -0.15) is 9.97 Å². The molecule has 2 aromatic heterocycles. The van der Waals surface area contributed by atoms with Crippen molar-refractivity contribution in [1.82, 2.24) is 20.3 Å². The molecule has 0 atom stereocenters. The van der Waals surface area contributed by atoms with E-state index < -0.39 is 0 Å². The molecule has 134 valence electrons. The highest BCUT2D eigenvalue weighted by atomic mass is 16.3. The van der Waals surface area contributed by atoms with Gasteiger partial charge in [-0.15, -0.1) is 0 Å². The summed E-state index contributed by atoms with van der Waals surface area (Å²) in [6.07, 6.45) is 5.41. The molecule has 1 fully saturated rings. The molecule has 3 heterocycles. The van der Waals surface area contributed by atoms with Gasteiger partial charge in [-0.25, -0.2) is 4.98 Å². The van der Waals surface area contributed by atoms with Crippen molar-refractivity contribution in [2.45, 2.75) is 45.1 Å². The van der Waals surface area contributed by atoms with Crippen LogP contribution in [0.1, 0.15) is 36.1 Å². The number of nitrogens with one attached hydrogen (secondary N) is 3. The fourth-order valence-electron chi connectivity index (χ4n) is 3.92. The third-order valence-electron chi connectivity index (χ3n) is 5.22. The van der Waals surface area contributed by atoms with E-state index in [0.29, 0.717) is 18.5 Å². The van der Waals surface area contributed by atoms with Crippen LogP contribution in [0, 0.1) is 6.92 Å². The zero-order valence-electron chi connectivity index (χ0n) is 14.7. The van der Waals surface area contributed by atoms with E-state index in [1.807, 2.05) is 0 Å². The van der Waals surface area contributed by atoms with Crippen molar-refractivity contribution in [2.24, 2.45) is 0 Å². The lowest BCUT2D eigenvalue weighted by Crippen LogP contribution is -2.35. The molecule has 4 rings (SSSR count). The van der Waals surface area contributed by atoms with Gasteiger partial charge < -0.3 is 21.1 Å². The Morgan fingerprint density at radius 1 is 1.16 bits per heavy atom. The number of nitrogens with zero attached hydrogens (tertiary/aromatic N) is 3. The number of fused-ring (bicyclic) bond motifs is 2. The van der Waals surface area contributed by atoms with Crippen molar-refractivity contribution in [3.63, 3.8) is 0 Å². The number of hydrogen-bond acceptors (Lipinski definition) is 7. The first-order chi connectivity index (χ1) is 12.3. The molecule has 1 saturated heterocycles. The lowest BCUT2D eigenvalue weighted by Gasteiger charge is -2.24. The molecule has 4 N–H and O–H groups in total. The highest BCUT2D eigenvalue weighted by Crippen LogP contribution is 2.32. The van der Waals surface area contributed by atoms with Crippen LogP contribution in [0.15, 0.2) is 0 Å². The van der Waals surface area contributed by atoms with Crippen LogP contribution in [0.4, 0.5) is 11.8 Å². The van der Waals surface area contributed by atoms with Gasteiger partial charge in [0.05, 0.1) is 12.0 Å². The Hall–Kier alpha value is -1.99. The van der Waals surface area contributed by atoms with Crippen LogP contribution in [-0.4, -0.2) is 52.3 Å². The van der Waals surface area contributed by atoms with Crippen LogP contribution >= 0.6 is 0 Å². The van der Waals surface area contributed by atoms with Gasteiger partial charge in [-0.05, 0) is 63.2 Å². The maximum Gasteiger partial charge on any atom is 0.226 e. The number of aromatic nitrogens is 3. The van der Waals surface area contributed by atoms with Gasteiger partial charge in [0, 0.05) is 18.3 Å². The number of aliphatic hydroxyl groups is 1. The average molecular weight is 342 g/mol. The second kappa shape index (κ2) is 7.09. The molecular formula is C18H26N6O.